The number of anilines is 1. The van der Waals surface area contributed by atoms with E-state index in [1.807, 2.05) is 13.8 Å². The fourth-order valence-corrected chi connectivity index (χ4v) is 4.06. The Labute approximate surface area is 114 Å². The van der Waals surface area contributed by atoms with Crippen LogP contribution in [0.25, 0.3) is 0 Å². The molecule has 0 radical (unpaired) electrons. The number of benzene rings is 1. The summed E-state index contributed by atoms with van der Waals surface area (Å²) >= 11 is 0. The predicted molar refractivity (Wildman–Crippen MR) is 74.4 cm³/mol. The summed E-state index contributed by atoms with van der Waals surface area (Å²) in [6.07, 6.45) is 0. The van der Waals surface area contributed by atoms with E-state index in [1.54, 1.807) is 25.1 Å². The van der Waals surface area contributed by atoms with Crippen LogP contribution in [0.2, 0.25) is 0 Å². The van der Waals surface area contributed by atoms with Crippen LogP contribution in [0.3, 0.4) is 0 Å². The van der Waals surface area contributed by atoms with Crippen molar-refractivity contribution >= 4 is 15.7 Å². The first-order chi connectivity index (χ1) is 8.74. The monoisotopic (exact) mass is 284 g/mol. The molecule has 0 saturated carbocycles. The zero-order valence-electron chi connectivity index (χ0n) is 11.5. The topological polar surface area (TPSA) is 72.6 Å². The number of nitrogens with zero attached hydrogens (tertiary/aromatic N) is 1. The summed E-state index contributed by atoms with van der Waals surface area (Å²) in [5, 5.41) is 0. The molecule has 1 aliphatic rings. The molecule has 1 aliphatic heterocycles. The van der Waals surface area contributed by atoms with Crippen LogP contribution < -0.4 is 5.73 Å². The predicted octanol–water partition coefficient (Wildman–Crippen LogP) is 1.38. The molecule has 106 valence electrons. The molecule has 1 heterocycles. The second-order valence-electron chi connectivity index (χ2n) is 5.42. The van der Waals surface area contributed by atoms with Gasteiger partial charge >= 0.3 is 0 Å². The number of hydrogen-bond acceptors (Lipinski definition) is 4. The minimum absolute atomic E-state index is 0.283. The molecular weight excluding hydrogens is 264 g/mol. The van der Waals surface area contributed by atoms with Gasteiger partial charge in [0.05, 0.1) is 17.1 Å². The number of morpholine rings is 1. The Kier molecular flexibility index (Phi) is 3.59. The van der Waals surface area contributed by atoms with E-state index in [0.717, 1.165) is 0 Å². The van der Waals surface area contributed by atoms with Crippen LogP contribution in [-0.4, -0.2) is 38.0 Å². The minimum Gasteiger partial charge on any atom is -0.398 e. The van der Waals surface area contributed by atoms with Gasteiger partial charge in [0.25, 0.3) is 0 Å². The van der Waals surface area contributed by atoms with Crippen LogP contribution in [0.1, 0.15) is 19.4 Å². The molecule has 0 bridgehead atoms. The molecule has 1 fully saturated rings. The fourth-order valence-electron chi connectivity index (χ4n) is 2.23. The van der Waals surface area contributed by atoms with E-state index in [2.05, 4.69) is 0 Å². The lowest BCUT2D eigenvalue weighted by Gasteiger charge is -2.37. The summed E-state index contributed by atoms with van der Waals surface area (Å²) in [5.41, 5.74) is 6.43. The van der Waals surface area contributed by atoms with Crippen LogP contribution in [0.15, 0.2) is 23.1 Å². The number of hydrogen-bond donors (Lipinski definition) is 1. The second kappa shape index (κ2) is 4.77. The number of ether oxygens (including phenoxy) is 1. The zero-order chi connectivity index (χ0) is 14.3. The Morgan fingerprint density at radius 2 is 2.05 bits per heavy atom. The van der Waals surface area contributed by atoms with Crippen molar-refractivity contribution in [3.05, 3.63) is 23.8 Å². The van der Waals surface area contributed by atoms with Crippen molar-refractivity contribution in [2.45, 2.75) is 31.3 Å². The van der Waals surface area contributed by atoms with Gasteiger partial charge in [-0.1, -0.05) is 6.07 Å². The van der Waals surface area contributed by atoms with Crippen LogP contribution in [0.4, 0.5) is 5.69 Å². The molecule has 0 amide bonds. The van der Waals surface area contributed by atoms with Gasteiger partial charge in [-0.3, -0.25) is 0 Å². The molecule has 0 spiro atoms. The summed E-state index contributed by atoms with van der Waals surface area (Å²) in [5.74, 6) is 0. The molecule has 1 aromatic carbocycles. The lowest BCUT2D eigenvalue weighted by Crippen LogP contribution is -2.50. The number of nitrogen functional groups attached to an aromatic ring is 1. The summed E-state index contributed by atoms with van der Waals surface area (Å²) in [6, 6.07) is 4.97. The number of sulfonamides is 1. The molecule has 0 unspecified atom stereocenters. The van der Waals surface area contributed by atoms with E-state index in [1.165, 1.54) is 4.31 Å². The van der Waals surface area contributed by atoms with Crippen LogP contribution >= 0.6 is 0 Å². The van der Waals surface area contributed by atoms with Crippen molar-refractivity contribution < 1.29 is 13.2 Å². The maximum Gasteiger partial charge on any atom is 0.243 e. The third kappa shape index (κ3) is 2.75. The Morgan fingerprint density at radius 3 is 2.68 bits per heavy atom. The number of nitrogens with two attached hydrogens (primary N) is 1. The van der Waals surface area contributed by atoms with Gasteiger partial charge in [0, 0.05) is 18.8 Å². The summed E-state index contributed by atoms with van der Waals surface area (Å²) in [7, 11) is -3.51. The lowest BCUT2D eigenvalue weighted by molar-refractivity contribution is -0.0640. The lowest BCUT2D eigenvalue weighted by atomic mass is 10.1. The first kappa shape index (κ1) is 14.3. The molecule has 0 aliphatic carbocycles. The largest absolute Gasteiger partial charge is 0.398 e. The quantitative estimate of drug-likeness (QED) is 0.833. The van der Waals surface area contributed by atoms with Crippen LogP contribution in [0, 0.1) is 6.92 Å². The maximum absolute atomic E-state index is 12.7. The minimum atomic E-state index is -3.51. The Hall–Kier alpha value is -1.11. The molecule has 0 aromatic heterocycles. The highest BCUT2D eigenvalue weighted by molar-refractivity contribution is 7.89. The molecule has 5 nitrogen and oxygen atoms in total. The fraction of sp³-hybridized carbons (Fsp3) is 0.538. The highest BCUT2D eigenvalue weighted by Crippen LogP contribution is 2.27. The third-order valence-electron chi connectivity index (χ3n) is 3.33. The van der Waals surface area contributed by atoms with Crippen molar-refractivity contribution in [1.29, 1.82) is 0 Å². The molecular formula is C13H20N2O3S. The van der Waals surface area contributed by atoms with Gasteiger partial charge in [-0.05, 0) is 38.5 Å². The summed E-state index contributed by atoms with van der Waals surface area (Å²) < 4.78 is 32.3. The zero-order valence-corrected chi connectivity index (χ0v) is 12.3. The molecule has 0 atom stereocenters. The Morgan fingerprint density at radius 1 is 1.37 bits per heavy atom. The second-order valence-corrected chi connectivity index (χ2v) is 7.32. The van der Waals surface area contributed by atoms with E-state index >= 15 is 0 Å². The molecule has 19 heavy (non-hydrogen) atoms. The van der Waals surface area contributed by atoms with Gasteiger partial charge in [-0.2, -0.15) is 4.31 Å². The van der Waals surface area contributed by atoms with E-state index in [-0.39, 0.29) is 4.90 Å². The molecule has 1 aromatic rings. The Balaban J connectivity index is 2.40. The Bertz CT molecular complexity index is 582. The first-order valence-electron chi connectivity index (χ1n) is 6.23. The van der Waals surface area contributed by atoms with Gasteiger partial charge in [0.15, 0.2) is 0 Å². The maximum atomic E-state index is 12.7. The van der Waals surface area contributed by atoms with Crippen LogP contribution in [0.5, 0.6) is 0 Å². The van der Waals surface area contributed by atoms with Crippen molar-refractivity contribution in [2.75, 3.05) is 25.4 Å². The molecule has 6 heteroatoms. The van der Waals surface area contributed by atoms with Gasteiger partial charge in [-0.25, -0.2) is 8.42 Å². The molecule has 2 N–H and O–H groups in total. The van der Waals surface area contributed by atoms with E-state index in [0.29, 0.717) is 30.9 Å². The smallest absolute Gasteiger partial charge is 0.243 e. The van der Waals surface area contributed by atoms with Gasteiger partial charge in [0.2, 0.25) is 10.0 Å². The van der Waals surface area contributed by atoms with Gasteiger partial charge in [-0.15, -0.1) is 0 Å². The van der Waals surface area contributed by atoms with Gasteiger partial charge in [0.1, 0.15) is 0 Å². The van der Waals surface area contributed by atoms with Gasteiger partial charge < -0.3 is 10.5 Å². The summed E-state index contributed by atoms with van der Waals surface area (Å²) in [6.45, 7) is 6.65. The number of rotatable bonds is 2. The first-order valence-corrected chi connectivity index (χ1v) is 7.67. The van der Waals surface area contributed by atoms with Crippen molar-refractivity contribution in [3.63, 3.8) is 0 Å². The van der Waals surface area contributed by atoms with Crippen LogP contribution in [-0.2, 0) is 14.8 Å². The normalized spacial score (nSPS) is 20.4. The molecule has 1 saturated heterocycles. The standard InChI is InChI=1S/C13H20N2O3S/c1-10-11(14)5-4-6-12(10)19(16,17)15-7-8-18-13(2,3)9-15/h4-6H,7-9,14H2,1-3H3. The highest BCUT2D eigenvalue weighted by atomic mass is 32.2. The van der Waals surface area contributed by atoms with E-state index in [4.69, 9.17) is 10.5 Å². The highest BCUT2D eigenvalue weighted by Gasteiger charge is 2.35. The molecule has 2 rings (SSSR count). The summed E-state index contributed by atoms with van der Waals surface area (Å²) in [4.78, 5) is 0.283. The average Bonchev–Trinajstić information content (AvgIpc) is 2.31. The van der Waals surface area contributed by atoms with E-state index < -0.39 is 15.6 Å². The average molecular weight is 284 g/mol. The van der Waals surface area contributed by atoms with Crippen molar-refractivity contribution in [2.24, 2.45) is 0 Å². The van der Waals surface area contributed by atoms with Crippen molar-refractivity contribution in [3.8, 4) is 0 Å². The third-order valence-corrected chi connectivity index (χ3v) is 5.32. The SMILES string of the molecule is Cc1c(N)cccc1S(=O)(=O)N1CCOC(C)(C)C1. The van der Waals surface area contributed by atoms with Crippen molar-refractivity contribution in [1.82, 2.24) is 4.31 Å². The van der Waals surface area contributed by atoms with E-state index in [9.17, 15) is 8.42 Å².